The highest BCUT2D eigenvalue weighted by Crippen LogP contribution is 2.30. The van der Waals surface area contributed by atoms with Crippen molar-refractivity contribution >= 4 is 40.0 Å². The van der Waals surface area contributed by atoms with Gasteiger partial charge in [-0.2, -0.15) is 0 Å². The molecule has 2 aliphatic rings. The number of rotatable bonds is 8. The summed E-state index contributed by atoms with van der Waals surface area (Å²) < 4.78 is 0. The molecule has 0 bridgehead atoms. The molecule has 2 heterocycles. The lowest BCUT2D eigenvalue weighted by molar-refractivity contribution is -0.140. The maximum atomic E-state index is 13.7. The lowest BCUT2D eigenvalue weighted by Gasteiger charge is -2.31. The third-order valence-electron chi connectivity index (χ3n) is 8.78. The molecule has 0 spiro atoms. The van der Waals surface area contributed by atoms with Crippen molar-refractivity contribution in [2.45, 2.75) is 50.6 Å². The molecule has 3 aromatic carbocycles. The van der Waals surface area contributed by atoms with Crippen molar-refractivity contribution < 1.29 is 14.4 Å². The van der Waals surface area contributed by atoms with Gasteiger partial charge in [0.1, 0.15) is 12.1 Å². The van der Waals surface area contributed by atoms with Crippen LogP contribution in [0.25, 0.3) is 22.2 Å². The number of aromatic amines is 1. The molecule has 2 atom stereocenters. The van der Waals surface area contributed by atoms with Crippen molar-refractivity contribution in [2.24, 2.45) is 5.92 Å². The van der Waals surface area contributed by atoms with Crippen LogP contribution < -0.4 is 10.6 Å². The third-order valence-corrected chi connectivity index (χ3v) is 8.78. The lowest BCUT2D eigenvalue weighted by Crippen LogP contribution is -2.47. The van der Waals surface area contributed by atoms with Crippen LogP contribution in [0.2, 0.25) is 0 Å². The van der Waals surface area contributed by atoms with Crippen LogP contribution in [0.5, 0.6) is 0 Å². The number of fused-ring (bicyclic) bond motifs is 1. The van der Waals surface area contributed by atoms with E-state index in [4.69, 9.17) is 0 Å². The van der Waals surface area contributed by atoms with E-state index in [1.807, 2.05) is 91.8 Å². The van der Waals surface area contributed by atoms with E-state index in [0.717, 1.165) is 65.5 Å². The molecule has 6 rings (SSSR count). The fourth-order valence-electron chi connectivity index (χ4n) is 6.51. The Bertz CT molecular complexity index is 1610. The van der Waals surface area contributed by atoms with Crippen molar-refractivity contribution in [3.63, 3.8) is 0 Å². The Morgan fingerprint density at radius 2 is 1.51 bits per heavy atom. The predicted molar refractivity (Wildman–Crippen MR) is 171 cm³/mol. The minimum atomic E-state index is -0.510. The molecule has 3 N–H and O–H groups in total. The highest BCUT2D eigenvalue weighted by molar-refractivity contribution is 6.00. The van der Waals surface area contributed by atoms with E-state index in [9.17, 15) is 14.4 Å². The Morgan fingerprint density at radius 1 is 0.814 bits per heavy atom. The van der Waals surface area contributed by atoms with E-state index in [1.165, 1.54) is 0 Å². The predicted octanol–water partition coefficient (Wildman–Crippen LogP) is 6.20. The molecule has 8 heteroatoms. The van der Waals surface area contributed by atoms with Crippen molar-refractivity contribution in [3.05, 3.63) is 84.4 Å². The maximum Gasteiger partial charge on any atom is 0.247 e. The SMILES string of the molecule is CN(C)C(C(=O)N1CCC[C@H]1C(=O)Nc1ccc2[nH]c(-c3ccc(NC(=O)C4CCCC4)cc3)cc2c1)c1ccccc1. The van der Waals surface area contributed by atoms with Gasteiger partial charge in [-0.1, -0.05) is 55.3 Å². The summed E-state index contributed by atoms with van der Waals surface area (Å²) in [6, 6.07) is 24.5. The number of benzene rings is 3. The van der Waals surface area contributed by atoms with Crippen molar-refractivity contribution in [1.82, 2.24) is 14.8 Å². The topological polar surface area (TPSA) is 97.5 Å². The Morgan fingerprint density at radius 3 is 2.23 bits per heavy atom. The molecule has 43 heavy (non-hydrogen) atoms. The smallest absolute Gasteiger partial charge is 0.247 e. The number of hydrogen-bond donors (Lipinski definition) is 3. The molecule has 222 valence electrons. The van der Waals surface area contributed by atoms with Gasteiger partial charge in [0.25, 0.3) is 0 Å². The fraction of sp³-hybridized carbons (Fsp3) is 0.343. The van der Waals surface area contributed by atoms with Gasteiger partial charge in [-0.15, -0.1) is 0 Å². The Hall–Kier alpha value is -4.43. The molecule has 1 aliphatic carbocycles. The summed E-state index contributed by atoms with van der Waals surface area (Å²) in [4.78, 5) is 46.7. The van der Waals surface area contributed by atoms with Gasteiger partial charge in [-0.3, -0.25) is 19.3 Å². The molecule has 2 fully saturated rings. The number of aromatic nitrogens is 1. The highest BCUT2D eigenvalue weighted by atomic mass is 16.2. The number of carbonyl (C=O) groups excluding carboxylic acids is 3. The monoisotopic (exact) mass is 577 g/mol. The second kappa shape index (κ2) is 12.4. The summed E-state index contributed by atoms with van der Waals surface area (Å²) in [7, 11) is 3.79. The lowest BCUT2D eigenvalue weighted by atomic mass is 10.0. The number of likely N-dealkylation sites (N-methyl/N-ethyl adjacent to an activating group) is 1. The normalized spacial score (nSPS) is 17.8. The molecule has 1 saturated heterocycles. The Balaban J connectivity index is 1.13. The number of amides is 3. The van der Waals surface area contributed by atoms with E-state index in [1.54, 1.807) is 4.90 Å². The molecule has 1 aromatic heterocycles. The first-order valence-electron chi connectivity index (χ1n) is 15.2. The first kappa shape index (κ1) is 28.7. The van der Waals surface area contributed by atoms with Crippen molar-refractivity contribution in [2.75, 3.05) is 31.3 Å². The standard InChI is InChI=1S/C35H39N5O3/c1-39(2)32(24-9-4-3-5-10-24)35(43)40-20-8-13-31(40)34(42)37-28-18-19-29-26(21-28)22-30(38-29)23-14-16-27(17-15-23)36-33(41)25-11-6-7-12-25/h3-5,9-10,14-19,21-22,25,31-32,38H,6-8,11-13,20H2,1-2H3,(H,36,41)(H,37,42)/t31-,32?/m0/s1. The number of H-pyrrole nitrogens is 1. The average Bonchev–Trinajstić information content (AvgIpc) is 3.79. The van der Waals surface area contributed by atoms with Gasteiger partial charge >= 0.3 is 0 Å². The highest BCUT2D eigenvalue weighted by Gasteiger charge is 2.38. The molecular formula is C35H39N5O3. The number of nitrogens with one attached hydrogen (secondary N) is 3. The van der Waals surface area contributed by atoms with Gasteiger partial charge in [0.15, 0.2) is 0 Å². The zero-order chi connectivity index (χ0) is 29.9. The molecule has 4 aromatic rings. The second-order valence-corrected chi connectivity index (χ2v) is 12.0. The Labute approximate surface area is 252 Å². The van der Waals surface area contributed by atoms with Crippen LogP contribution in [-0.2, 0) is 14.4 Å². The zero-order valence-corrected chi connectivity index (χ0v) is 24.8. The third kappa shape index (κ3) is 6.20. The van der Waals surface area contributed by atoms with Crippen LogP contribution in [0.4, 0.5) is 11.4 Å². The van der Waals surface area contributed by atoms with E-state index in [2.05, 4.69) is 21.7 Å². The minimum absolute atomic E-state index is 0.0521. The van der Waals surface area contributed by atoms with Crippen molar-refractivity contribution in [3.8, 4) is 11.3 Å². The maximum absolute atomic E-state index is 13.7. The summed E-state index contributed by atoms with van der Waals surface area (Å²) in [5.41, 5.74) is 5.34. The largest absolute Gasteiger partial charge is 0.355 e. The van der Waals surface area contributed by atoms with Gasteiger partial charge < -0.3 is 20.5 Å². The minimum Gasteiger partial charge on any atom is -0.355 e. The fourth-order valence-corrected chi connectivity index (χ4v) is 6.51. The molecule has 1 aliphatic heterocycles. The second-order valence-electron chi connectivity index (χ2n) is 12.0. The summed E-state index contributed by atoms with van der Waals surface area (Å²) in [6.07, 6.45) is 5.65. The average molecular weight is 578 g/mol. The zero-order valence-electron chi connectivity index (χ0n) is 24.8. The van der Waals surface area contributed by atoms with Gasteiger partial charge in [0, 0.05) is 40.4 Å². The van der Waals surface area contributed by atoms with E-state index in [0.29, 0.717) is 18.7 Å². The van der Waals surface area contributed by atoms with E-state index < -0.39 is 12.1 Å². The van der Waals surface area contributed by atoms with Crippen LogP contribution >= 0.6 is 0 Å². The van der Waals surface area contributed by atoms with Crippen molar-refractivity contribution in [1.29, 1.82) is 0 Å². The van der Waals surface area contributed by atoms with Gasteiger partial charge in [0.2, 0.25) is 17.7 Å². The number of likely N-dealkylation sites (tertiary alicyclic amines) is 1. The first-order valence-corrected chi connectivity index (χ1v) is 15.2. The Kier molecular flexibility index (Phi) is 8.29. The van der Waals surface area contributed by atoms with Gasteiger partial charge in [-0.05, 0) is 87.3 Å². The van der Waals surface area contributed by atoms with Crippen LogP contribution in [0.3, 0.4) is 0 Å². The molecule has 1 unspecified atom stereocenters. The quantitative estimate of drug-likeness (QED) is 0.232. The summed E-state index contributed by atoms with van der Waals surface area (Å²) in [6.45, 7) is 0.567. The molecule has 3 amide bonds. The summed E-state index contributed by atoms with van der Waals surface area (Å²) in [5, 5.41) is 7.09. The van der Waals surface area contributed by atoms with Crippen LogP contribution in [0.15, 0.2) is 78.9 Å². The van der Waals surface area contributed by atoms with Gasteiger partial charge in [-0.25, -0.2) is 0 Å². The van der Waals surface area contributed by atoms with Gasteiger partial charge in [0.05, 0.1) is 0 Å². The first-order chi connectivity index (χ1) is 20.9. The van der Waals surface area contributed by atoms with Crippen LogP contribution in [0.1, 0.15) is 50.1 Å². The molecular weight excluding hydrogens is 538 g/mol. The molecule has 8 nitrogen and oxygen atoms in total. The van der Waals surface area contributed by atoms with Crippen LogP contribution in [0, 0.1) is 5.92 Å². The van der Waals surface area contributed by atoms with E-state index >= 15 is 0 Å². The number of hydrogen-bond acceptors (Lipinski definition) is 4. The number of anilines is 2. The summed E-state index contributed by atoms with van der Waals surface area (Å²) in [5.74, 6) is 0.0271. The summed E-state index contributed by atoms with van der Waals surface area (Å²) >= 11 is 0. The van der Waals surface area contributed by atoms with Crippen LogP contribution in [-0.4, -0.2) is 59.2 Å². The molecule has 1 saturated carbocycles. The number of carbonyl (C=O) groups is 3. The number of nitrogens with zero attached hydrogens (tertiary/aromatic N) is 2. The molecule has 0 radical (unpaired) electrons. The van der Waals surface area contributed by atoms with E-state index in [-0.39, 0.29) is 23.6 Å².